The predicted octanol–water partition coefficient (Wildman–Crippen LogP) is 7.15. The van der Waals surface area contributed by atoms with E-state index < -0.39 is 34.8 Å². The standard InChI is InChI=1S/C35H43F3N6O2/c1-7-8-9-10-24(6)34(16-15-23(4)5)32(46)44(33(39)42-34)30(14-11-22(2)3)25-12-13-27(35(36,37)38)26(19-25)31(45)43-20-28-29(21-43)41-18-17-40-28/h7-10,12-13,17-19,22-23,30H,6,11,14-16,20-21H2,1-5H3,(H2,39,42)/b8-7-,10-9-/t30?,34-/m1/s1. The van der Waals surface area contributed by atoms with E-state index in [9.17, 15) is 22.8 Å². The Labute approximate surface area is 269 Å². The fourth-order valence-corrected chi connectivity index (χ4v) is 5.87. The lowest BCUT2D eigenvalue weighted by molar-refractivity contribution is -0.138. The van der Waals surface area contributed by atoms with Crippen molar-refractivity contribution in [1.29, 1.82) is 0 Å². The fourth-order valence-electron chi connectivity index (χ4n) is 5.87. The molecule has 0 radical (unpaired) electrons. The molecule has 4 rings (SSSR count). The van der Waals surface area contributed by atoms with Crippen LogP contribution in [0.1, 0.15) is 99.2 Å². The third kappa shape index (κ3) is 7.24. The van der Waals surface area contributed by atoms with Crippen LogP contribution >= 0.6 is 0 Å². The van der Waals surface area contributed by atoms with E-state index in [1.165, 1.54) is 34.3 Å². The molecule has 0 spiro atoms. The van der Waals surface area contributed by atoms with E-state index in [2.05, 4.69) is 16.5 Å². The van der Waals surface area contributed by atoms with Gasteiger partial charge in [0, 0.05) is 12.4 Å². The van der Waals surface area contributed by atoms with Crippen molar-refractivity contribution in [3.05, 3.63) is 95.1 Å². The quantitative estimate of drug-likeness (QED) is 0.249. The zero-order valence-electron chi connectivity index (χ0n) is 27.1. The number of hydrogen-bond acceptors (Lipinski definition) is 6. The van der Waals surface area contributed by atoms with Gasteiger partial charge in [-0.2, -0.15) is 13.2 Å². The van der Waals surface area contributed by atoms with Crippen molar-refractivity contribution in [2.24, 2.45) is 22.6 Å². The first-order valence-electron chi connectivity index (χ1n) is 15.7. The minimum absolute atomic E-state index is 0.0250. The second kappa shape index (κ2) is 14.0. The number of allylic oxidation sites excluding steroid dienone is 3. The first-order valence-corrected chi connectivity index (χ1v) is 15.7. The van der Waals surface area contributed by atoms with E-state index in [1.807, 2.05) is 46.8 Å². The lowest BCUT2D eigenvalue weighted by atomic mass is 9.82. The molecule has 2 aliphatic heterocycles. The summed E-state index contributed by atoms with van der Waals surface area (Å²) < 4.78 is 43.0. The number of carbonyl (C=O) groups excluding carboxylic acids is 2. The van der Waals surface area contributed by atoms with E-state index in [-0.39, 0.29) is 36.8 Å². The summed E-state index contributed by atoms with van der Waals surface area (Å²) in [6, 6.07) is 2.75. The van der Waals surface area contributed by atoms with Gasteiger partial charge in [-0.15, -0.1) is 0 Å². The van der Waals surface area contributed by atoms with Crippen LogP contribution in [0.25, 0.3) is 0 Å². The summed E-state index contributed by atoms with van der Waals surface area (Å²) >= 11 is 0. The zero-order chi connectivity index (χ0) is 33.8. The average Bonchev–Trinajstić information content (AvgIpc) is 3.54. The molecule has 2 N–H and O–H groups in total. The molecule has 0 saturated carbocycles. The van der Waals surface area contributed by atoms with Gasteiger partial charge in [-0.25, -0.2) is 4.99 Å². The van der Waals surface area contributed by atoms with Gasteiger partial charge >= 0.3 is 6.18 Å². The number of nitrogens with zero attached hydrogens (tertiary/aromatic N) is 5. The number of amides is 2. The molecular weight excluding hydrogens is 593 g/mol. The summed E-state index contributed by atoms with van der Waals surface area (Å²) in [4.78, 5) is 44.2. The van der Waals surface area contributed by atoms with Crippen molar-refractivity contribution in [2.75, 3.05) is 0 Å². The van der Waals surface area contributed by atoms with Crippen LogP contribution in [-0.2, 0) is 24.1 Å². The minimum atomic E-state index is -4.78. The van der Waals surface area contributed by atoms with Crippen molar-refractivity contribution in [3.8, 4) is 0 Å². The highest BCUT2D eigenvalue weighted by Crippen LogP contribution is 2.42. The van der Waals surface area contributed by atoms with Gasteiger partial charge in [-0.05, 0) is 67.7 Å². The summed E-state index contributed by atoms with van der Waals surface area (Å²) in [6.45, 7) is 14.3. The summed E-state index contributed by atoms with van der Waals surface area (Å²) in [6.07, 6.45) is 7.46. The van der Waals surface area contributed by atoms with Crippen LogP contribution in [0.3, 0.4) is 0 Å². The largest absolute Gasteiger partial charge is 0.417 e. The zero-order valence-corrected chi connectivity index (χ0v) is 27.1. The second-order valence-electron chi connectivity index (χ2n) is 12.7. The monoisotopic (exact) mass is 636 g/mol. The molecule has 0 bridgehead atoms. The van der Waals surface area contributed by atoms with Crippen LogP contribution in [0.5, 0.6) is 0 Å². The number of fused-ring (bicyclic) bond motifs is 1. The molecule has 0 fully saturated rings. The smallest absolute Gasteiger partial charge is 0.369 e. The van der Waals surface area contributed by atoms with E-state index >= 15 is 0 Å². The molecule has 2 atom stereocenters. The maximum absolute atomic E-state index is 14.5. The molecule has 11 heteroatoms. The second-order valence-corrected chi connectivity index (χ2v) is 12.7. The highest BCUT2D eigenvalue weighted by molar-refractivity contribution is 6.09. The number of aromatic nitrogens is 2. The van der Waals surface area contributed by atoms with Gasteiger partial charge in [0.15, 0.2) is 11.5 Å². The Balaban J connectivity index is 1.79. The number of hydrogen-bond donors (Lipinski definition) is 1. The van der Waals surface area contributed by atoms with Crippen LogP contribution in [0.15, 0.2) is 72.0 Å². The maximum Gasteiger partial charge on any atom is 0.417 e. The van der Waals surface area contributed by atoms with Crippen molar-refractivity contribution < 1.29 is 22.8 Å². The number of alkyl halides is 3. The third-order valence-corrected chi connectivity index (χ3v) is 8.46. The Morgan fingerprint density at radius 3 is 2.24 bits per heavy atom. The molecule has 3 heterocycles. The van der Waals surface area contributed by atoms with Crippen LogP contribution < -0.4 is 5.73 Å². The Morgan fingerprint density at radius 2 is 1.67 bits per heavy atom. The van der Waals surface area contributed by atoms with Crippen LogP contribution in [0.2, 0.25) is 0 Å². The molecule has 1 unspecified atom stereocenters. The van der Waals surface area contributed by atoms with E-state index in [4.69, 9.17) is 10.7 Å². The highest BCUT2D eigenvalue weighted by atomic mass is 19.4. The Bertz CT molecular complexity index is 1540. The molecule has 2 amide bonds. The van der Waals surface area contributed by atoms with Gasteiger partial charge in [0.25, 0.3) is 11.8 Å². The van der Waals surface area contributed by atoms with Gasteiger partial charge in [-0.3, -0.25) is 24.5 Å². The lowest BCUT2D eigenvalue weighted by Crippen LogP contribution is -2.47. The first kappa shape index (κ1) is 34.6. The Kier molecular flexibility index (Phi) is 10.5. The molecule has 8 nitrogen and oxygen atoms in total. The lowest BCUT2D eigenvalue weighted by Gasteiger charge is -2.33. The van der Waals surface area contributed by atoms with Gasteiger partial charge < -0.3 is 10.6 Å². The first-order chi connectivity index (χ1) is 21.7. The van der Waals surface area contributed by atoms with Crippen LogP contribution in [0.4, 0.5) is 13.2 Å². The van der Waals surface area contributed by atoms with Crippen molar-refractivity contribution in [2.45, 2.75) is 91.1 Å². The topological polar surface area (TPSA) is 105 Å². The normalized spacial score (nSPS) is 19.2. The third-order valence-electron chi connectivity index (χ3n) is 8.46. The summed E-state index contributed by atoms with van der Waals surface area (Å²) in [5.41, 5.74) is 5.57. The van der Waals surface area contributed by atoms with Gasteiger partial charge in [0.05, 0.1) is 41.6 Å². The molecule has 0 aliphatic carbocycles. The Hall–Kier alpha value is -4.28. The number of carbonyl (C=O) groups is 2. The van der Waals surface area contributed by atoms with Crippen LogP contribution in [-0.4, -0.2) is 43.1 Å². The number of nitrogens with two attached hydrogens (primary N) is 1. The summed E-state index contributed by atoms with van der Waals surface area (Å²) in [5.74, 6) is -0.705. The number of guanidine groups is 1. The van der Waals surface area contributed by atoms with Gasteiger partial charge in [0.2, 0.25) is 0 Å². The van der Waals surface area contributed by atoms with Crippen LogP contribution in [0, 0.1) is 11.8 Å². The number of benzene rings is 1. The molecule has 0 saturated heterocycles. The summed E-state index contributed by atoms with van der Waals surface area (Å²) in [5, 5.41) is 0. The average molecular weight is 637 g/mol. The maximum atomic E-state index is 14.5. The SMILES string of the molecule is C=C(/C=C\C=C/C)[C@@]1(CCC(C)C)N=C(N)N(C(CCC(C)C)c2ccc(C(F)(F)F)c(C(=O)N3Cc4nccnc4C3)c2)C1=O. The molecule has 46 heavy (non-hydrogen) atoms. The van der Waals surface area contributed by atoms with Crippen molar-refractivity contribution >= 4 is 17.8 Å². The molecule has 2 aliphatic rings. The van der Waals surface area contributed by atoms with E-state index in [1.54, 1.807) is 12.2 Å². The highest BCUT2D eigenvalue weighted by Gasteiger charge is 2.51. The van der Waals surface area contributed by atoms with Crippen molar-refractivity contribution in [3.63, 3.8) is 0 Å². The molecule has 1 aromatic carbocycles. The van der Waals surface area contributed by atoms with E-state index in [0.29, 0.717) is 48.2 Å². The minimum Gasteiger partial charge on any atom is -0.369 e. The Morgan fingerprint density at radius 1 is 1.04 bits per heavy atom. The molecule has 1 aromatic heterocycles. The summed E-state index contributed by atoms with van der Waals surface area (Å²) in [7, 11) is 0. The van der Waals surface area contributed by atoms with E-state index in [0.717, 1.165) is 6.07 Å². The predicted molar refractivity (Wildman–Crippen MR) is 172 cm³/mol. The van der Waals surface area contributed by atoms with Gasteiger partial charge in [-0.1, -0.05) is 64.6 Å². The number of aliphatic imine (C=N–C) groups is 1. The van der Waals surface area contributed by atoms with Crippen molar-refractivity contribution in [1.82, 2.24) is 19.8 Å². The molecular formula is C35H43F3N6O2. The molecule has 246 valence electrons. The molecule has 2 aromatic rings. The number of halogens is 3. The van der Waals surface area contributed by atoms with Gasteiger partial charge in [0.1, 0.15) is 0 Å². The fraction of sp³-hybridized carbons (Fsp3) is 0.457. The number of rotatable bonds is 12.